The average molecular weight is 326 g/mol. The Kier molecular flexibility index (Phi) is 4.57. The van der Waals surface area contributed by atoms with Gasteiger partial charge in [0, 0.05) is 6.20 Å². The highest BCUT2D eigenvalue weighted by atomic mass is 79.9. The molecule has 0 saturated carbocycles. The summed E-state index contributed by atoms with van der Waals surface area (Å²) >= 11 is 3.27. The standard InChI is InChI=1S/C13H16BrN3O2/c1-8(2)18-10-5-9(6-16-7-10)13(17-15)11-3-4-12(14)19-11/h3-8,13,17H,15H2,1-2H3. The lowest BCUT2D eigenvalue weighted by Crippen LogP contribution is -2.28. The fourth-order valence-corrected chi connectivity index (χ4v) is 2.08. The van der Waals surface area contributed by atoms with E-state index in [-0.39, 0.29) is 12.1 Å². The molecule has 102 valence electrons. The van der Waals surface area contributed by atoms with Crippen LogP contribution in [-0.2, 0) is 0 Å². The Balaban J connectivity index is 2.28. The van der Waals surface area contributed by atoms with E-state index in [1.807, 2.05) is 32.0 Å². The Morgan fingerprint density at radius 2 is 2.16 bits per heavy atom. The van der Waals surface area contributed by atoms with E-state index in [1.165, 1.54) is 0 Å². The molecular weight excluding hydrogens is 310 g/mol. The minimum Gasteiger partial charge on any atom is -0.489 e. The normalized spacial score (nSPS) is 12.7. The fraction of sp³-hybridized carbons (Fsp3) is 0.308. The Labute approximate surface area is 120 Å². The number of nitrogens with two attached hydrogens (primary N) is 1. The van der Waals surface area contributed by atoms with E-state index in [0.29, 0.717) is 16.2 Å². The van der Waals surface area contributed by atoms with Gasteiger partial charge < -0.3 is 9.15 Å². The highest BCUT2D eigenvalue weighted by Gasteiger charge is 2.17. The molecule has 2 heterocycles. The lowest BCUT2D eigenvalue weighted by molar-refractivity contribution is 0.241. The van der Waals surface area contributed by atoms with E-state index < -0.39 is 0 Å². The Bertz CT molecular complexity index is 542. The van der Waals surface area contributed by atoms with Crippen LogP contribution >= 0.6 is 15.9 Å². The summed E-state index contributed by atoms with van der Waals surface area (Å²) in [6.45, 7) is 3.93. The molecule has 0 amide bonds. The SMILES string of the molecule is CC(C)Oc1cncc(C(NN)c2ccc(Br)o2)c1. The minimum absolute atomic E-state index is 0.0964. The zero-order valence-electron chi connectivity index (χ0n) is 10.8. The Morgan fingerprint density at radius 3 is 2.74 bits per heavy atom. The van der Waals surface area contributed by atoms with E-state index in [2.05, 4.69) is 26.3 Å². The Hall–Kier alpha value is -1.37. The molecule has 0 aliphatic rings. The van der Waals surface area contributed by atoms with Crippen molar-refractivity contribution in [3.63, 3.8) is 0 Å². The third kappa shape index (κ3) is 3.56. The maximum atomic E-state index is 5.62. The number of hydrogen-bond donors (Lipinski definition) is 2. The van der Waals surface area contributed by atoms with Crippen LogP contribution in [-0.4, -0.2) is 11.1 Å². The topological polar surface area (TPSA) is 73.3 Å². The van der Waals surface area contributed by atoms with E-state index in [9.17, 15) is 0 Å². The van der Waals surface area contributed by atoms with Crippen LogP contribution in [0.4, 0.5) is 0 Å². The average Bonchev–Trinajstić information content (AvgIpc) is 2.76. The molecule has 0 radical (unpaired) electrons. The van der Waals surface area contributed by atoms with Gasteiger partial charge in [0.1, 0.15) is 17.6 Å². The number of halogens is 1. The first kappa shape index (κ1) is 14.0. The van der Waals surface area contributed by atoms with Crippen molar-refractivity contribution in [3.8, 4) is 5.75 Å². The molecule has 6 heteroatoms. The van der Waals surface area contributed by atoms with Crippen LogP contribution in [0.1, 0.15) is 31.2 Å². The molecule has 0 aliphatic heterocycles. The van der Waals surface area contributed by atoms with Crippen molar-refractivity contribution in [2.45, 2.75) is 26.0 Å². The van der Waals surface area contributed by atoms with Gasteiger partial charge in [0.05, 0.1) is 12.3 Å². The summed E-state index contributed by atoms with van der Waals surface area (Å²) in [5.41, 5.74) is 3.60. The molecule has 0 fully saturated rings. The number of hydrazine groups is 1. The van der Waals surface area contributed by atoms with Gasteiger partial charge in [0.2, 0.25) is 0 Å². The number of rotatable bonds is 5. The van der Waals surface area contributed by atoms with Crippen LogP contribution in [0.3, 0.4) is 0 Å². The second kappa shape index (κ2) is 6.18. The van der Waals surface area contributed by atoms with Gasteiger partial charge in [-0.2, -0.15) is 0 Å². The van der Waals surface area contributed by atoms with Gasteiger partial charge in [-0.1, -0.05) is 0 Å². The van der Waals surface area contributed by atoms with Gasteiger partial charge >= 0.3 is 0 Å². The van der Waals surface area contributed by atoms with E-state index in [4.69, 9.17) is 15.0 Å². The molecule has 3 N–H and O–H groups in total. The second-order valence-electron chi connectivity index (χ2n) is 4.36. The van der Waals surface area contributed by atoms with Crippen molar-refractivity contribution in [1.29, 1.82) is 0 Å². The third-order valence-electron chi connectivity index (χ3n) is 2.48. The fourth-order valence-electron chi connectivity index (χ4n) is 1.76. The van der Waals surface area contributed by atoms with Crippen LogP contribution < -0.4 is 16.0 Å². The molecule has 1 atom stereocenters. The second-order valence-corrected chi connectivity index (χ2v) is 5.14. The molecule has 2 aromatic heterocycles. The van der Waals surface area contributed by atoms with Crippen LogP contribution in [0.2, 0.25) is 0 Å². The van der Waals surface area contributed by atoms with E-state index in [1.54, 1.807) is 12.4 Å². The number of furan rings is 1. The summed E-state index contributed by atoms with van der Waals surface area (Å²) in [6, 6.07) is 5.30. The molecule has 0 saturated heterocycles. The predicted octanol–water partition coefficient (Wildman–Crippen LogP) is 2.78. The summed E-state index contributed by atoms with van der Waals surface area (Å²) in [4.78, 5) is 4.16. The van der Waals surface area contributed by atoms with Crippen molar-refractivity contribution in [2.75, 3.05) is 0 Å². The molecule has 2 aromatic rings. The molecule has 0 bridgehead atoms. The lowest BCUT2D eigenvalue weighted by Gasteiger charge is -2.15. The smallest absolute Gasteiger partial charge is 0.169 e. The lowest BCUT2D eigenvalue weighted by atomic mass is 10.1. The number of aromatic nitrogens is 1. The zero-order chi connectivity index (χ0) is 13.8. The molecule has 2 rings (SSSR count). The molecule has 0 spiro atoms. The van der Waals surface area contributed by atoms with Crippen molar-refractivity contribution >= 4 is 15.9 Å². The number of nitrogens with one attached hydrogen (secondary N) is 1. The van der Waals surface area contributed by atoms with Gasteiger partial charge in [-0.3, -0.25) is 10.8 Å². The molecule has 0 aliphatic carbocycles. The molecular formula is C13H16BrN3O2. The van der Waals surface area contributed by atoms with Gasteiger partial charge in [-0.25, -0.2) is 5.43 Å². The zero-order valence-corrected chi connectivity index (χ0v) is 12.3. The Morgan fingerprint density at radius 1 is 1.37 bits per heavy atom. The summed E-state index contributed by atoms with van der Waals surface area (Å²) in [7, 11) is 0. The predicted molar refractivity (Wildman–Crippen MR) is 75.6 cm³/mol. The van der Waals surface area contributed by atoms with E-state index in [0.717, 1.165) is 5.56 Å². The molecule has 1 unspecified atom stereocenters. The third-order valence-corrected chi connectivity index (χ3v) is 2.91. The van der Waals surface area contributed by atoms with Gasteiger partial charge in [-0.15, -0.1) is 0 Å². The highest BCUT2D eigenvalue weighted by molar-refractivity contribution is 9.10. The summed E-state index contributed by atoms with van der Waals surface area (Å²) < 4.78 is 11.8. The molecule has 0 aromatic carbocycles. The maximum absolute atomic E-state index is 5.62. The van der Waals surface area contributed by atoms with Crippen LogP contribution in [0.15, 0.2) is 39.7 Å². The van der Waals surface area contributed by atoms with Crippen molar-refractivity contribution < 1.29 is 9.15 Å². The first-order valence-corrected chi connectivity index (χ1v) is 6.72. The van der Waals surface area contributed by atoms with E-state index >= 15 is 0 Å². The van der Waals surface area contributed by atoms with Crippen molar-refractivity contribution in [3.05, 3.63) is 46.6 Å². The number of nitrogens with zero attached hydrogens (tertiary/aromatic N) is 1. The highest BCUT2D eigenvalue weighted by Crippen LogP contribution is 2.27. The van der Waals surface area contributed by atoms with Crippen LogP contribution in [0.5, 0.6) is 5.75 Å². The van der Waals surface area contributed by atoms with Gasteiger partial charge in [0.25, 0.3) is 0 Å². The number of pyridine rings is 1. The number of hydrogen-bond acceptors (Lipinski definition) is 5. The number of ether oxygens (including phenoxy) is 1. The van der Waals surface area contributed by atoms with Gasteiger partial charge in [-0.05, 0) is 53.5 Å². The molecule has 5 nitrogen and oxygen atoms in total. The summed E-state index contributed by atoms with van der Waals surface area (Å²) in [5, 5.41) is 0. The largest absolute Gasteiger partial charge is 0.489 e. The quantitative estimate of drug-likeness (QED) is 0.653. The minimum atomic E-state index is -0.269. The summed E-state index contributed by atoms with van der Waals surface area (Å²) in [6.07, 6.45) is 3.50. The van der Waals surface area contributed by atoms with Crippen molar-refractivity contribution in [1.82, 2.24) is 10.4 Å². The monoisotopic (exact) mass is 325 g/mol. The summed E-state index contributed by atoms with van der Waals surface area (Å²) in [5.74, 6) is 7.02. The first-order chi connectivity index (χ1) is 9.10. The van der Waals surface area contributed by atoms with Crippen LogP contribution in [0, 0.1) is 0 Å². The van der Waals surface area contributed by atoms with Gasteiger partial charge in [0.15, 0.2) is 4.67 Å². The molecule has 19 heavy (non-hydrogen) atoms. The van der Waals surface area contributed by atoms with Crippen LogP contribution in [0.25, 0.3) is 0 Å². The maximum Gasteiger partial charge on any atom is 0.169 e. The first-order valence-electron chi connectivity index (χ1n) is 5.93. The van der Waals surface area contributed by atoms with Crippen molar-refractivity contribution in [2.24, 2.45) is 5.84 Å².